The lowest BCUT2D eigenvalue weighted by Gasteiger charge is -2.29. The van der Waals surface area contributed by atoms with Gasteiger partial charge in [-0.05, 0) is 102 Å². The number of halogens is 3. The predicted octanol–water partition coefficient (Wildman–Crippen LogP) is 11.9. The monoisotopic (exact) mass is 1840 g/mol. The Labute approximate surface area is 732 Å². The molecule has 12 heterocycles. The number of likely N-dealkylation sites (N-methyl/N-ethyl adjacent to an activating group) is 1. The van der Waals surface area contributed by atoms with Crippen LogP contribution in [0, 0.1) is 0 Å². The van der Waals surface area contributed by atoms with E-state index in [2.05, 4.69) is 81.1 Å². The number of aryl methyl sites for hydroxylation is 3. The molecule has 8 amide bonds. The average Bonchev–Trinajstić information content (AvgIpc) is 1.01. The van der Waals surface area contributed by atoms with E-state index in [0.29, 0.717) is 105 Å². The molecule has 12 rings (SSSR count). The van der Waals surface area contributed by atoms with Crippen molar-refractivity contribution in [3.63, 3.8) is 0 Å². The molecular weight excluding hydrogens is 1730 g/mol. The van der Waals surface area contributed by atoms with Crippen molar-refractivity contribution in [1.29, 1.82) is 0 Å². The summed E-state index contributed by atoms with van der Waals surface area (Å²) in [6.07, 6.45) is 2.15. The summed E-state index contributed by atoms with van der Waals surface area (Å²) in [5.41, 5.74) is 5.15. The summed E-state index contributed by atoms with van der Waals surface area (Å²) in [6.45, 7) is 33.8. The highest BCUT2D eigenvalue weighted by molar-refractivity contribution is 7.91. The Morgan fingerprint density at radius 3 is 1.08 bits per heavy atom. The van der Waals surface area contributed by atoms with Crippen LogP contribution in [0.4, 0.5) is 66.7 Å². The fourth-order valence-corrected chi connectivity index (χ4v) is 17.4. The van der Waals surface area contributed by atoms with Crippen molar-refractivity contribution in [2.45, 2.75) is 235 Å². The quantitative estimate of drug-likeness (QED) is 0.0271. The van der Waals surface area contributed by atoms with Crippen LogP contribution in [0.15, 0.2) is 68.6 Å². The highest BCUT2D eigenvalue weighted by atomic mass is 32.2. The van der Waals surface area contributed by atoms with Gasteiger partial charge in [-0.15, -0.1) is 0 Å². The fraction of sp³-hybridized carbons (Fsp3) is 0.544. The number of aromatic nitrogens is 12. The van der Waals surface area contributed by atoms with Crippen LogP contribution in [0.5, 0.6) is 29.4 Å². The number of sulfonamides is 4. The molecule has 126 heavy (non-hydrogen) atoms. The third-order valence-corrected chi connectivity index (χ3v) is 25.3. The summed E-state index contributed by atoms with van der Waals surface area (Å²) in [4.78, 5) is 71.3. The van der Waals surface area contributed by atoms with Crippen LogP contribution in [0.3, 0.4) is 0 Å². The molecule has 0 aromatic carbocycles. The molecule has 8 aromatic heterocycles. The van der Waals surface area contributed by atoms with Gasteiger partial charge in [0.1, 0.15) is 23.9 Å². The molecule has 47 heteroatoms. The molecular formula is C79H114F3N23O17S4. The van der Waals surface area contributed by atoms with E-state index in [9.17, 15) is 66.0 Å². The Morgan fingerprint density at radius 2 is 0.754 bits per heavy atom. The van der Waals surface area contributed by atoms with Gasteiger partial charge in [-0.1, -0.05) is 111 Å². The summed E-state index contributed by atoms with van der Waals surface area (Å²) in [5, 5.41) is 29.7. The maximum Gasteiger partial charge on any atom is 0.433 e. The van der Waals surface area contributed by atoms with Gasteiger partial charge < -0.3 is 60.1 Å². The number of methoxy groups -OCH3 is 1. The molecule has 4 aliphatic rings. The van der Waals surface area contributed by atoms with E-state index in [0.717, 1.165) is 47.6 Å². The van der Waals surface area contributed by atoms with Crippen LogP contribution in [0.25, 0.3) is 0 Å². The number of amides is 8. The maximum absolute atomic E-state index is 13.3. The molecule has 4 aliphatic heterocycles. The number of nitrogens with zero attached hydrogens (tertiary/aromatic N) is 14. The number of alkyl halides is 3. The van der Waals surface area contributed by atoms with Gasteiger partial charge in [0, 0.05) is 66.1 Å². The van der Waals surface area contributed by atoms with Crippen molar-refractivity contribution in [2.75, 3.05) is 100 Å². The van der Waals surface area contributed by atoms with E-state index in [1.165, 1.54) is 44.4 Å². The highest BCUT2D eigenvalue weighted by Gasteiger charge is 2.39. The number of carbonyl (C=O) groups excluding carboxylic acids is 4. The minimum absolute atomic E-state index is 0.00215. The molecule has 0 fully saturated rings. The Bertz CT molecular complexity index is 5650. The van der Waals surface area contributed by atoms with Gasteiger partial charge in [0.05, 0.1) is 110 Å². The van der Waals surface area contributed by atoms with E-state index in [1.807, 2.05) is 138 Å². The zero-order valence-electron chi connectivity index (χ0n) is 74.6. The number of ether oxygens (including phenoxy) is 5. The second-order valence-electron chi connectivity index (χ2n) is 32.8. The molecule has 0 saturated heterocycles. The molecule has 8 aromatic rings. The lowest BCUT2D eigenvalue weighted by Crippen LogP contribution is -2.41. The standard InChI is InChI=1S/C21H32N6O5S.C20H30N6O4S.C19H24F3N5O4S.C19H28N6O4S/c1-12(2)15-8-17(31-7)23-18(13(3)4)19(15)24-21(28)25-33(29,30)16-9-22-27-10-14(26(5)6)11-32-20(16)27;1-12(2)14-10-16(25(5)6)22-17(13(3)4)18(14)23-20(27)24-31(28,29)15-11-21-26-8-7-9-30-19(15)26;1-10(2)12-8-14(19(20,21)22)24-15(11(3)4)16(12)25-18(28)26-32(29,30)13-9-23-27-6-5-7-31-17(13)27;1-11(2)13-9-15(20-5)22-16(12(3)4)17(13)23-19(26)24-30(27,28)14-10-21-25-7-6-8-29-18(14)25/h8-9,12-14H,10-11H2,1-7H3,(H2,24,25,28);10-13H,7-9H2,1-6H3,(H2,23,24,27);8-11H,5-7H2,1-4H3,(H2,25,26,28);9-12H,6-8H2,1-5H3,(H,20,22)(H2,23,24,26)/t14-;;;/m0.../s1. The van der Waals surface area contributed by atoms with Crippen molar-refractivity contribution in [3.05, 3.63) is 99.8 Å². The van der Waals surface area contributed by atoms with Crippen LogP contribution in [0.2, 0.25) is 0 Å². The number of carbonyl (C=O) groups is 4. The second-order valence-corrected chi connectivity index (χ2v) is 39.4. The van der Waals surface area contributed by atoms with Gasteiger partial charge in [0.15, 0.2) is 19.6 Å². The molecule has 40 nitrogen and oxygen atoms in total. The Kier molecular flexibility index (Phi) is 31.7. The summed E-state index contributed by atoms with van der Waals surface area (Å²) >= 11 is 0. The molecule has 1 atom stereocenters. The third kappa shape index (κ3) is 23.5. The molecule has 9 N–H and O–H groups in total. The summed E-state index contributed by atoms with van der Waals surface area (Å²) in [6, 6.07) is 2.67. The smallest absolute Gasteiger partial charge is 0.433 e. The number of pyridine rings is 4. The molecule has 692 valence electrons. The summed E-state index contributed by atoms with van der Waals surface area (Å²) < 4.78 is 184. The predicted molar refractivity (Wildman–Crippen MR) is 465 cm³/mol. The van der Waals surface area contributed by atoms with Crippen LogP contribution in [0.1, 0.15) is 228 Å². The molecule has 0 aliphatic carbocycles. The van der Waals surface area contributed by atoms with Crippen LogP contribution < -0.4 is 74.1 Å². The minimum atomic E-state index is -4.67. The van der Waals surface area contributed by atoms with Crippen molar-refractivity contribution in [1.82, 2.24) is 82.8 Å². The number of anilines is 6. The molecule has 0 unspecified atom stereocenters. The van der Waals surface area contributed by atoms with E-state index in [1.54, 1.807) is 40.8 Å². The Hall–Kier alpha value is -11.3. The topological polar surface area (TPSA) is 489 Å². The van der Waals surface area contributed by atoms with Crippen molar-refractivity contribution in [3.8, 4) is 29.4 Å². The number of hydrogen-bond donors (Lipinski definition) is 9. The molecule has 0 bridgehead atoms. The number of hydrogen-bond acceptors (Lipinski definition) is 28. The zero-order valence-corrected chi connectivity index (χ0v) is 77.8. The lowest BCUT2D eigenvalue weighted by molar-refractivity contribution is -0.141. The van der Waals surface area contributed by atoms with Gasteiger partial charge in [-0.3, -0.25) is 0 Å². The van der Waals surface area contributed by atoms with Crippen molar-refractivity contribution < 1.29 is 89.7 Å². The van der Waals surface area contributed by atoms with E-state index >= 15 is 0 Å². The van der Waals surface area contributed by atoms with Gasteiger partial charge in [0.2, 0.25) is 29.4 Å². The average molecular weight is 1840 g/mol. The normalized spacial score (nSPS) is 14.4. The first-order valence-corrected chi connectivity index (χ1v) is 46.7. The number of urea groups is 4. The van der Waals surface area contributed by atoms with Crippen molar-refractivity contribution >= 4 is 98.6 Å². The first-order chi connectivity index (χ1) is 58.9. The van der Waals surface area contributed by atoms with Crippen LogP contribution in [-0.4, -0.2) is 197 Å². The van der Waals surface area contributed by atoms with Gasteiger partial charge in [0.25, 0.3) is 40.1 Å². The zero-order chi connectivity index (χ0) is 93.3. The molecule has 0 radical (unpaired) electrons. The van der Waals surface area contributed by atoms with Crippen LogP contribution >= 0.6 is 0 Å². The largest absolute Gasteiger partial charge is 0.481 e. The summed E-state index contributed by atoms with van der Waals surface area (Å²) in [7, 11) is -5.96. The van der Waals surface area contributed by atoms with E-state index in [-0.39, 0.29) is 102 Å². The molecule has 0 saturated carbocycles. The fourth-order valence-electron chi connectivity index (χ4n) is 13.5. The number of nitrogens with one attached hydrogen (secondary N) is 9. The highest BCUT2D eigenvalue weighted by Crippen LogP contribution is 2.41. The van der Waals surface area contributed by atoms with Crippen molar-refractivity contribution in [2.24, 2.45) is 0 Å². The summed E-state index contributed by atoms with van der Waals surface area (Å²) in [5.74, 6) is 1.64. The minimum Gasteiger partial charge on any atom is -0.481 e. The van der Waals surface area contributed by atoms with E-state index < -0.39 is 87.9 Å². The Balaban J connectivity index is 0.000000190. The first kappa shape index (κ1) is 98.5. The number of rotatable bonds is 24. The maximum atomic E-state index is 13.3. The second kappa shape index (κ2) is 40.5. The van der Waals surface area contributed by atoms with Gasteiger partial charge in [-0.2, -0.15) is 33.6 Å². The van der Waals surface area contributed by atoms with E-state index in [4.69, 9.17) is 23.7 Å². The van der Waals surface area contributed by atoms with Crippen LogP contribution in [-0.2, 0) is 72.4 Å². The van der Waals surface area contributed by atoms with Gasteiger partial charge in [-0.25, -0.2) is 110 Å². The first-order valence-electron chi connectivity index (χ1n) is 40.8. The SMILES string of the molecule is CC(C)c1cc(C(F)(F)F)nc(C(C)C)c1NC(=O)NS(=O)(=O)c1cnn2c1OCCC2.CC(C)c1cc(N(C)C)nc(C(C)C)c1NC(=O)NS(=O)(=O)c1cnn2c1OCCC2.CNc1cc(C(C)C)c(NC(=O)NS(=O)(=O)c2cnn3c2OCCC3)c(C(C)C)n1.COc1cc(C(C)C)c(NC(=O)NS(=O)(=O)c2cnn3c2OC[C@@H](N(C)C)C3)c(C(C)C)n1. The molecule has 0 spiro atoms. The Morgan fingerprint density at radius 1 is 0.437 bits per heavy atom. The van der Waals surface area contributed by atoms with Gasteiger partial charge >= 0.3 is 30.3 Å². The number of fused-ring (bicyclic) bond motifs is 4. The third-order valence-electron chi connectivity index (χ3n) is 20.0. The lowest BCUT2D eigenvalue weighted by atomic mass is 9.96.